The van der Waals surface area contributed by atoms with E-state index >= 15 is 0 Å². The lowest BCUT2D eigenvalue weighted by molar-refractivity contribution is -0.00866. The third-order valence-electron chi connectivity index (χ3n) is 5.04. The number of hydrogen-bond donors (Lipinski definition) is 1. The van der Waals surface area contributed by atoms with E-state index in [1.165, 1.54) is 24.8 Å². The van der Waals surface area contributed by atoms with Crippen molar-refractivity contribution in [3.63, 3.8) is 0 Å². The molecule has 1 aliphatic carbocycles. The van der Waals surface area contributed by atoms with Crippen molar-refractivity contribution in [3.8, 4) is 0 Å². The van der Waals surface area contributed by atoms with Gasteiger partial charge in [-0.3, -0.25) is 4.90 Å². The molecule has 3 heteroatoms. The van der Waals surface area contributed by atoms with Gasteiger partial charge in [0.05, 0.1) is 13.2 Å². The van der Waals surface area contributed by atoms with Crippen LogP contribution in [0.1, 0.15) is 30.7 Å². The molecule has 2 fully saturated rings. The fraction of sp³-hybridized carbons (Fsp3) is 0.647. The highest BCUT2D eigenvalue weighted by Gasteiger charge is 2.34. The fourth-order valence-electron chi connectivity index (χ4n) is 3.87. The van der Waals surface area contributed by atoms with Gasteiger partial charge in [-0.25, -0.2) is 0 Å². The number of rotatable bonds is 3. The molecule has 1 saturated heterocycles. The number of nitrogens with two attached hydrogens (primary N) is 1. The Hall–Kier alpha value is -0.900. The van der Waals surface area contributed by atoms with E-state index in [-0.39, 0.29) is 0 Å². The standard InChI is InChI=1S/C17H26N2O/c18-13-16-7-6-15(14-4-2-1-3-5-14)12-17(16)19-8-10-20-11-9-19/h1-5,15-17H,6-13,18H2. The average molecular weight is 274 g/mol. The van der Waals surface area contributed by atoms with Crippen LogP contribution in [-0.4, -0.2) is 43.8 Å². The van der Waals surface area contributed by atoms with Crippen LogP contribution in [0.4, 0.5) is 0 Å². The molecule has 1 aliphatic heterocycles. The Balaban J connectivity index is 1.72. The normalized spacial score (nSPS) is 32.1. The van der Waals surface area contributed by atoms with Crippen molar-refractivity contribution < 1.29 is 4.74 Å². The van der Waals surface area contributed by atoms with Gasteiger partial charge in [0.25, 0.3) is 0 Å². The van der Waals surface area contributed by atoms with Crippen molar-refractivity contribution >= 4 is 0 Å². The van der Waals surface area contributed by atoms with E-state index in [2.05, 4.69) is 35.2 Å². The Morgan fingerprint density at radius 2 is 1.85 bits per heavy atom. The smallest absolute Gasteiger partial charge is 0.0594 e. The number of hydrogen-bond acceptors (Lipinski definition) is 3. The largest absolute Gasteiger partial charge is 0.379 e. The molecule has 3 nitrogen and oxygen atoms in total. The van der Waals surface area contributed by atoms with E-state index in [0.29, 0.717) is 17.9 Å². The Morgan fingerprint density at radius 3 is 2.55 bits per heavy atom. The van der Waals surface area contributed by atoms with Crippen LogP contribution in [0.5, 0.6) is 0 Å². The summed E-state index contributed by atoms with van der Waals surface area (Å²) in [4.78, 5) is 2.62. The molecule has 0 amide bonds. The first-order valence-corrected chi connectivity index (χ1v) is 7.95. The lowest BCUT2D eigenvalue weighted by Crippen LogP contribution is -2.50. The van der Waals surface area contributed by atoms with Crippen LogP contribution in [0, 0.1) is 5.92 Å². The second kappa shape index (κ2) is 6.70. The van der Waals surface area contributed by atoms with Crippen molar-refractivity contribution in [1.29, 1.82) is 0 Å². The van der Waals surface area contributed by atoms with E-state index in [4.69, 9.17) is 10.5 Å². The molecule has 2 N–H and O–H groups in total. The maximum absolute atomic E-state index is 6.03. The highest BCUT2D eigenvalue weighted by Crippen LogP contribution is 2.38. The van der Waals surface area contributed by atoms with Crippen LogP contribution in [0.25, 0.3) is 0 Å². The molecule has 1 heterocycles. The van der Waals surface area contributed by atoms with Gasteiger partial charge in [-0.15, -0.1) is 0 Å². The predicted octanol–water partition coefficient (Wildman–Crippen LogP) is 2.23. The van der Waals surface area contributed by atoms with E-state index in [9.17, 15) is 0 Å². The van der Waals surface area contributed by atoms with Gasteiger partial charge in [0.1, 0.15) is 0 Å². The van der Waals surface area contributed by atoms with Crippen LogP contribution in [0.15, 0.2) is 30.3 Å². The number of benzene rings is 1. The van der Waals surface area contributed by atoms with Gasteiger partial charge in [0, 0.05) is 19.1 Å². The van der Waals surface area contributed by atoms with Gasteiger partial charge in [-0.05, 0) is 43.2 Å². The number of ether oxygens (including phenoxy) is 1. The van der Waals surface area contributed by atoms with Crippen LogP contribution < -0.4 is 5.73 Å². The van der Waals surface area contributed by atoms with Crippen molar-refractivity contribution in [1.82, 2.24) is 4.90 Å². The first-order valence-electron chi connectivity index (χ1n) is 7.95. The van der Waals surface area contributed by atoms with Crippen LogP contribution in [0.3, 0.4) is 0 Å². The maximum atomic E-state index is 6.03. The fourth-order valence-corrected chi connectivity index (χ4v) is 3.87. The molecule has 3 unspecified atom stereocenters. The summed E-state index contributed by atoms with van der Waals surface area (Å²) < 4.78 is 5.50. The molecule has 3 rings (SSSR count). The van der Waals surface area contributed by atoms with E-state index in [1.54, 1.807) is 0 Å². The Morgan fingerprint density at radius 1 is 1.10 bits per heavy atom. The summed E-state index contributed by atoms with van der Waals surface area (Å²) >= 11 is 0. The van der Waals surface area contributed by atoms with E-state index in [0.717, 1.165) is 32.8 Å². The third kappa shape index (κ3) is 3.05. The minimum Gasteiger partial charge on any atom is -0.379 e. The first-order chi connectivity index (χ1) is 9.88. The van der Waals surface area contributed by atoms with Crippen LogP contribution in [0.2, 0.25) is 0 Å². The lowest BCUT2D eigenvalue weighted by Gasteiger charge is -2.44. The van der Waals surface area contributed by atoms with Gasteiger partial charge < -0.3 is 10.5 Å². The summed E-state index contributed by atoms with van der Waals surface area (Å²) in [6.07, 6.45) is 3.80. The molecule has 1 saturated carbocycles. The zero-order valence-electron chi connectivity index (χ0n) is 12.2. The molecule has 20 heavy (non-hydrogen) atoms. The molecule has 2 aliphatic rings. The van der Waals surface area contributed by atoms with Gasteiger partial charge in [-0.2, -0.15) is 0 Å². The van der Waals surface area contributed by atoms with E-state index in [1.807, 2.05) is 0 Å². The monoisotopic (exact) mass is 274 g/mol. The van der Waals surface area contributed by atoms with Gasteiger partial charge in [-0.1, -0.05) is 30.3 Å². The Kier molecular flexibility index (Phi) is 4.71. The van der Waals surface area contributed by atoms with Gasteiger partial charge in [0.15, 0.2) is 0 Å². The molecule has 0 aromatic heterocycles. The molecular weight excluding hydrogens is 248 g/mol. The predicted molar refractivity (Wildman–Crippen MR) is 81.8 cm³/mol. The zero-order valence-corrected chi connectivity index (χ0v) is 12.2. The minimum absolute atomic E-state index is 0.642. The number of nitrogens with zero attached hydrogens (tertiary/aromatic N) is 1. The average Bonchev–Trinajstić information content (AvgIpc) is 2.56. The summed E-state index contributed by atoms with van der Waals surface area (Å²) in [6, 6.07) is 11.6. The van der Waals surface area contributed by atoms with Crippen molar-refractivity contribution in [2.24, 2.45) is 11.7 Å². The van der Waals surface area contributed by atoms with Crippen molar-refractivity contribution in [2.45, 2.75) is 31.2 Å². The molecule has 0 spiro atoms. The topological polar surface area (TPSA) is 38.5 Å². The van der Waals surface area contributed by atoms with E-state index < -0.39 is 0 Å². The number of morpholine rings is 1. The summed E-state index contributed by atoms with van der Waals surface area (Å²) in [6.45, 7) is 4.72. The van der Waals surface area contributed by atoms with Gasteiger partial charge >= 0.3 is 0 Å². The highest BCUT2D eigenvalue weighted by atomic mass is 16.5. The maximum Gasteiger partial charge on any atom is 0.0594 e. The second-order valence-corrected chi connectivity index (χ2v) is 6.13. The molecular formula is C17H26N2O. The molecule has 0 radical (unpaired) electrons. The molecule has 1 aromatic carbocycles. The van der Waals surface area contributed by atoms with Crippen molar-refractivity contribution in [2.75, 3.05) is 32.8 Å². The highest BCUT2D eigenvalue weighted by molar-refractivity contribution is 5.20. The molecule has 1 aromatic rings. The van der Waals surface area contributed by atoms with Gasteiger partial charge in [0.2, 0.25) is 0 Å². The van der Waals surface area contributed by atoms with Crippen LogP contribution in [-0.2, 0) is 4.74 Å². The zero-order chi connectivity index (χ0) is 13.8. The van der Waals surface area contributed by atoms with Crippen molar-refractivity contribution in [3.05, 3.63) is 35.9 Å². The third-order valence-corrected chi connectivity index (χ3v) is 5.04. The first kappa shape index (κ1) is 14.1. The molecule has 110 valence electrons. The quantitative estimate of drug-likeness (QED) is 0.918. The van der Waals surface area contributed by atoms with Crippen LogP contribution >= 0.6 is 0 Å². The molecule has 3 atom stereocenters. The minimum atomic E-state index is 0.642. The summed E-state index contributed by atoms with van der Waals surface area (Å²) in [7, 11) is 0. The second-order valence-electron chi connectivity index (χ2n) is 6.13. The molecule has 0 bridgehead atoms. The summed E-state index contributed by atoms with van der Waals surface area (Å²) in [5, 5.41) is 0. The summed E-state index contributed by atoms with van der Waals surface area (Å²) in [5.41, 5.74) is 7.53. The lowest BCUT2D eigenvalue weighted by atomic mass is 9.74. The summed E-state index contributed by atoms with van der Waals surface area (Å²) in [5.74, 6) is 1.36. The Bertz CT molecular complexity index is 403. The SMILES string of the molecule is NCC1CCC(c2ccccc2)CC1N1CCOCC1. The Labute approximate surface area is 122 Å².